The van der Waals surface area contributed by atoms with E-state index < -0.39 is 0 Å². The normalized spacial score (nSPS) is 16.7. The molecule has 0 radical (unpaired) electrons. The molecular formula is C14H19N3O2. The number of aryl methyl sites for hydroxylation is 1. The maximum atomic E-state index is 10.1. The second-order valence-corrected chi connectivity index (χ2v) is 5.25. The minimum absolute atomic E-state index is 0.317. The molecule has 1 saturated carbocycles. The van der Waals surface area contributed by atoms with Crippen LogP contribution >= 0.6 is 0 Å². The molecule has 102 valence electrons. The predicted octanol–water partition coefficient (Wildman–Crippen LogP) is 2.32. The maximum Gasteiger partial charge on any atom is 0.226 e. The molecule has 2 heterocycles. The molecular weight excluding hydrogens is 242 g/mol. The van der Waals surface area contributed by atoms with Crippen LogP contribution in [0.3, 0.4) is 0 Å². The first kappa shape index (κ1) is 12.4. The number of hydrogen-bond acceptors (Lipinski definition) is 4. The Bertz CT molecular complexity index is 542. The Kier molecular flexibility index (Phi) is 3.38. The molecule has 0 amide bonds. The predicted molar refractivity (Wildman–Crippen MR) is 69.5 cm³/mol. The van der Waals surface area contributed by atoms with Gasteiger partial charge in [0, 0.05) is 18.8 Å². The molecule has 0 aromatic carbocycles. The largest absolute Gasteiger partial charge is 0.388 e. The number of nitrogens with zero attached hydrogens (tertiary/aromatic N) is 3. The van der Waals surface area contributed by atoms with E-state index in [4.69, 9.17) is 4.52 Å². The Morgan fingerprint density at radius 2 is 2.37 bits per heavy atom. The molecule has 1 aliphatic carbocycles. The van der Waals surface area contributed by atoms with Gasteiger partial charge >= 0.3 is 0 Å². The number of aromatic nitrogens is 3. The highest BCUT2D eigenvalue weighted by atomic mass is 16.5. The Morgan fingerprint density at radius 1 is 1.53 bits per heavy atom. The van der Waals surface area contributed by atoms with Crippen molar-refractivity contribution in [1.82, 2.24) is 14.7 Å². The summed E-state index contributed by atoms with van der Waals surface area (Å²) in [4.78, 5) is 4.34. The summed E-state index contributed by atoms with van der Waals surface area (Å²) in [6.45, 7) is 2.67. The smallest absolute Gasteiger partial charge is 0.226 e. The van der Waals surface area contributed by atoms with Gasteiger partial charge in [0.25, 0.3) is 0 Å². The monoisotopic (exact) mass is 261 g/mol. The molecule has 0 bridgehead atoms. The van der Waals surface area contributed by atoms with E-state index >= 15 is 0 Å². The molecule has 0 spiro atoms. The van der Waals surface area contributed by atoms with E-state index in [1.54, 1.807) is 0 Å². The van der Waals surface area contributed by atoms with Gasteiger partial charge in [0.15, 0.2) is 5.82 Å². The van der Waals surface area contributed by atoms with Crippen molar-refractivity contribution in [2.24, 2.45) is 5.92 Å². The van der Waals surface area contributed by atoms with E-state index in [1.165, 1.54) is 0 Å². The molecule has 2 aromatic heterocycles. The fourth-order valence-corrected chi connectivity index (χ4v) is 2.25. The van der Waals surface area contributed by atoms with Crippen molar-refractivity contribution in [3.05, 3.63) is 35.7 Å². The fourth-order valence-electron chi connectivity index (χ4n) is 2.25. The lowest BCUT2D eigenvalue weighted by Crippen LogP contribution is -2.01. The summed E-state index contributed by atoms with van der Waals surface area (Å²) in [6, 6.07) is 1.97. The maximum absolute atomic E-state index is 10.1. The standard InChI is InChI=1S/C14H19N3O2/c1-2-3-13-15-12(16-19-13)9-17-7-6-11(8-17)14(18)10-4-5-10/h6-8,10,14,18H,2-5,9H2,1H3. The first-order valence-corrected chi connectivity index (χ1v) is 6.91. The molecule has 0 aliphatic heterocycles. The zero-order chi connectivity index (χ0) is 13.2. The molecule has 3 rings (SSSR count). The van der Waals surface area contributed by atoms with Crippen LogP contribution in [-0.4, -0.2) is 19.8 Å². The van der Waals surface area contributed by atoms with Gasteiger partial charge < -0.3 is 14.2 Å². The number of aliphatic hydroxyl groups excluding tert-OH is 1. The lowest BCUT2D eigenvalue weighted by Gasteiger charge is -2.05. The quantitative estimate of drug-likeness (QED) is 0.866. The summed E-state index contributed by atoms with van der Waals surface area (Å²) in [5.41, 5.74) is 0.986. The van der Waals surface area contributed by atoms with Gasteiger partial charge in [-0.25, -0.2) is 0 Å². The van der Waals surface area contributed by atoms with Crippen LogP contribution in [0.1, 0.15) is 49.6 Å². The van der Waals surface area contributed by atoms with Crippen molar-refractivity contribution in [2.45, 2.75) is 45.3 Å². The number of rotatable bonds is 6. The van der Waals surface area contributed by atoms with Gasteiger partial charge in [-0.15, -0.1) is 0 Å². The summed E-state index contributed by atoms with van der Waals surface area (Å²) in [6.07, 6.45) is 7.71. The van der Waals surface area contributed by atoms with E-state index in [0.717, 1.165) is 31.2 Å². The van der Waals surface area contributed by atoms with E-state index in [9.17, 15) is 5.11 Å². The highest BCUT2D eigenvalue weighted by Gasteiger charge is 2.31. The average molecular weight is 261 g/mol. The fraction of sp³-hybridized carbons (Fsp3) is 0.571. The van der Waals surface area contributed by atoms with Crippen molar-refractivity contribution >= 4 is 0 Å². The van der Waals surface area contributed by atoms with E-state index in [0.29, 0.717) is 24.2 Å². The van der Waals surface area contributed by atoms with Crippen molar-refractivity contribution < 1.29 is 9.63 Å². The second kappa shape index (κ2) is 5.17. The van der Waals surface area contributed by atoms with Crippen LogP contribution in [0.15, 0.2) is 23.0 Å². The van der Waals surface area contributed by atoms with E-state index in [2.05, 4.69) is 17.1 Å². The van der Waals surface area contributed by atoms with Crippen LogP contribution < -0.4 is 0 Å². The zero-order valence-electron chi connectivity index (χ0n) is 11.1. The zero-order valence-corrected chi connectivity index (χ0v) is 11.1. The van der Waals surface area contributed by atoms with Crippen LogP contribution in [0, 0.1) is 5.92 Å². The average Bonchev–Trinajstić information content (AvgIpc) is 3.00. The third kappa shape index (κ3) is 2.87. The third-order valence-corrected chi connectivity index (χ3v) is 3.48. The lowest BCUT2D eigenvalue weighted by molar-refractivity contribution is 0.154. The Balaban J connectivity index is 1.65. The molecule has 1 fully saturated rings. The Morgan fingerprint density at radius 3 is 3.11 bits per heavy atom. The van der Waals surface area contributed by atoms with Gasteiger partial charge in [-0.05, 0) is 36.8 Å². The van der Waals surface area contributed by atoms with Gasteiger partial charge in [-0.2, -0.15) is 4.98 Å². The van der Waals surface area contributed by atoms with Crippen LogP contribution in [0.2, 0.25) is 0 Å². The minimum Gasteiger partial charge on any atom is -0.388 e. The van der Waals surface area contributed by atoms with Gasteiger partial charge in [0.05, 0.1) is 12.6 Å². The number of hydrogen-bond donors (Lipinski definition) is 1. The van der Waals surface area contributed by atoms with E-state index in [1.807, 2.05) is 23.0 Å². The molecule has 1 unspecified atom stereocenters. The first-order valence-electron chi connectivity index (χ1n) is 6.91. The van der Waals surface area contributed by atoms with Gasteiger partial charge in [-0.3, -0.25) is 0 Å². The molecule has 2 aromatic rings. The summed E-state index contributed by atoms with van der Waals surface area (Å²) < 4.78 is 7.14. The number of aliphatic hydroxyl groups is 1. The summed E-state index contributed by atoms with van der Waals surface area (Å²) >= 11 is 0. The molecule has 5 heteroatoms. The SMILES string of the molecule is CCCc1nc(Cn2ccc(C(O)C3CC3)c2)no1. The summed E-state index contributed by atoms with van der Waals surface area (Å²) in [5, 5.41) is 14.0. The lowest BCUT2D eigenvalue weighted by atomic mass is 10.1. The highest BCUT2D eigenvalue weighted by Crippen LogP contribution is 2.40. The van der Waals surface area contributed by atoms with Crippen LogP contribution in [0.5, 0.6) is 0 Å². The Labute approximate surface area is 112 Å². The highest BCUT2D eigenvalue weighted by molar-refractivity contribution is 5.16. The van der Waals surface area contributed by atoms with Crippen LogP contribution in [0.25, 0.3) is 0 Å². The van der Waals surface area contributed by atoms with Crippen LogP contribution in [0.4, 0.5) is 0 Å². The van der Waals surface area contributed by atoms with Crippen LogP contribution in [-0.2, 0) is 13.0 Å². The Hall–Kier alpha value is -1.62. The van der Waals surface area contributed by atoms with Crippen molar-refractivity contribution in [3.8, 4) is 0 Å². The minimum atomic E-state index is -0.317. The topological polar surface area (TPSA) is 64.1 Å². The van der Waals surface area contributed by atoms with Gasteiger partial charge in [-0.1, -0.05) is 12.1 Å². The molecule has 1 N–H and O–H groups in total. The van der Waals surface area contributed by atoms with Gasteiger partial charge in [0.1, 0.15) is 0 Å². The first-order chi connectivity index (χ1) is 9.26. The second-order valence-electron chi connectivity index (χ2n) is 5.25. The summed E-state index contributed by atoms with van der Waals surface area (Å²) in [7, 11) is 0. The molecule has 1 aliphatic rings. The van der Waals surface area contributed by atoms with Gasteiger partial charge in [0.2, 0.25) is 5.89 Å². The van der Waals surface area contributed by atoms with Crippen molar-refractivity contribution in [1.29, 1.82) is 0 Å². The molecule has 1 atom stereocenters. The molecule has 5 nitrogen and oxygen atoms in total. The van der Waals surface area contributed by atoms with E-state index in [-0.39, 0.29) is 6.10 Å². The molecule has 0 saturated heterocycles. The van der Waals surface area contributed by atoms with Crippen molar-refractivity contribution in [3.63, 3.8) is 0 Å². The summed E-state index contributed by atoms with van der Waals surface area (Å²) in [5.74, 6) is 1.84. The third-order valence-electron chi connectivity index (χ3n) is 3.48. The van der Waals surface area contributed by atoms with Crippen molar-refractivity contribution in [2.75, 3.05) is 0 Å². The molecule has 19 heavy (non-hydrogen) atoms.